The van der Waals surface area contributed by atoms with Crippen molar-refractivity contribution in [1.29, 1.82) is 0 Å². The molecule has 0 amide bonds. The van der Waals surface area contributed by atoms with E-state index in [0.29, 0.717) is 12.1 Å². The van der Waals surface area contributed by atoms with Gasteiger partial charge in [-0.15, -0.1) is 0 Å². The third kappa shape index (κ3) is 1.34. The molecule has 0 radical (unpaired) electrons. The second-order valence-electron chi connectivity index (χ2n) is 3.32. The summed E-state index contributed by atoms with van der Waals surface area (Å²) in [5, 5.41) is 10.6. The lowest BCUT2D eigenvalue weighted by molar-refractivity contribution is 0.463. The number of benzene rings is 1. The zero-order chi connectivity index (χ0) is 10.1. The maximum Gasteiger partial charge on any atom is 0.121 e. The molecule has 0 fully saturated rings. The summed E-state index contributed by atoms with van der Waals surface area (Å²) in [5.41, 5.74) is 12.8. The SMILES string of the molecule is NC[C@H](N)c1cc2[nH]ccc2cc1O. The van der Waals surface area contributed by atoms with E-state index in [0.717, 1.165) is 10.9 Å². The minimum absolute atomic E-state index is 0.204. The lowest BCUT2D eigenvalue weighted by Gasteiger charge is -2.11. The Morgan fingerprint density at radius 3 is 2.93 bits per heavy atom. The highest BCUT2D eigenvalue weighted by Gasteiger charge is 2.10. The smallest absolute Gasteiger partial charge is 0.121 e. The largest absolute Gasteiger partial charge is 0.508 e. The molecule has 4 nitrogen and oxygen atoms in total. The molecule has 0 bridgehead atoms. The van der Waals surface area contributed by atoms with Gasteiger partial charge in [0.2, 0.25) is 0 Å². The maximum absolute atomic E-state index is 9.68. The van der Waals surface area contributed by atoms with Gasteiger partial charge in [-0.25, -0.2) is 0 Å². The minimum atomic E-state index is -0.317. The normalized spacial score (nSPS) is 13.3. The van der Waals surface area contributed by atoms with Crippen LogP contribution in [0.3, 0.4) is 0 Å². The van der Waals surface area contributed by atoms with E-state index >= 15 is 0 Å². The molecule has 2 aromatic rings. The molecule has 0 aliphatic heterocycles. The summed E-state index contributed by atoms with van der Waals surface area (Å²) >= 11 is 0. The highest BCUT2D eigenvalue weighted by Crippen LogP contribution is 2.27. The number of nitrogens with one attached hydrogen (secondary N) is 1. The molecule has 6 N–H and O–H groups in total. The molecule has 74 valence electrons. The number of hydrogen-bond donors (Lipinski definition) is 4. The molecule has 0 saturated carbocycles. The summed E-state index contributed by atoms with van der Waals surface area (Å²) in [6.45, 7) is 0.319. The molecule has 1 heterocycles. The van der Waals surface area contributed by atoms with Gasteiger partial charge in [0.15, 0.2) is 0 Å². The van der Waals surface area contributed by atoms with Crippen LogP contribution in [0.15, 0.2) is 24.4 Å². The summed E-state index contributed by atoms with van der Waals surface area (Å²) in [4.78, 5) is 3.06. The molecule has 2 rings (SSSR count). The number of phenolic OH excluding ortho intramolecular Hbond substituents is 1. The number of nitrogens with two attached hydrogens (primary N) is 2. The molecule has 1 aromatic carbocycles. The molecular formula is C10H13N3O. The van der Waals surface area contributed by atoms with Crippen LogP contribution in [0.5, 0.6) is 5.75 Å². The van der Waals surface area contributed by atoms with E-state index in [1.165, 1.54) is 0 Å². The van der Waals surface area contributed by atoms with Crippen molar-refractivity contribution in [3.05, 3.63) is 30.0 Å². The van der Waals surface area contributed by atoms with Crippen LogP contribution in [-0.2, 0) is 0 Å². The Bertz CT molecular complexity index is 450. The second-order valence-corrected chi connectivity index (χ2v) is 3.32. The van der Waals surface area contributed by atoms with Crippen LogP contribution in [0.2, 0.25) is 0 Å². The van der Waals surface area contributed by atoms with Gasteiger partial charge in [-0.3, -0.25) is 0 Å². The van der Waals surface area contributed by atoms with Gasteiger partial charge in [0, 0.05) is 35.2 Å². The van der Waals surface area contributed by atoms with E-state index in [4.69, 9.17) is 11.5 Å². The molecule has 4 heteroatoms. The fourth-order valence-corrected chi connectivity index (χ4v) is 1.53. The topological polar surface area (TPSA) is 88.1 Å². The fraction of sp³-hybridized carbons (Fsp3) is 0.200. The van der Waals surface area contributed by atoms with Crippen molar-refractivity contribution in [2.24, 2.45) is 11.5 Å². The van der Waals surface area contributed by atoms with Crippen molar-refractivity contribution in [2.75, 3.05) is 6.54 Å². The predicted molar refractivity (Wildman–Crippen MR) is 55.9 cm³/mol. The third-order valence-corrected chi connectivity index (χ3v) is 2.35. The van der Waals surface area contributed by atoms with Gasteiger partial charge in [-0.05, 0) is 18.2 Å². The van der Waals surface area contributed by atoms with Gasteiger partial charge in [-0.2, -0.15) is 0 Å². The fourth-order valence-electron chi connectivity index (χ4n) is 1.53. The van der Waals surface area contributed by atoms with Crippen molar-refractivity contribution in [3.8, 4) is 5.75 Å². The number of rotatable bonds is 2. The molecule has 0 unspecified atom stereocenters. The average molecular weight is 191 g/mol. The van der Waals surface area contributed by atoms with E-state index in [1.54, 1.807) is 6.07 Å². The Kier molecular flexibility index (Phi) is 2.15. The van der Waals surface area contributed by atoms with Crippen molar-refractivity contribution in [1.82, 2.24) is 4.98 Å². The van der Waals surface area contributed by atoms with Crippen LogP contribution in [-0.4, -0.2) is 16.6 Å². The lowest BCUT2D eigenvalue weighted by Crippen LogP contribution is -2.20. The van der Waals surface area contributed by atoms with Gasteiger partial charge in [0.1, 0.15) is 5.75 Å². The summed E-state index contributed by atoms with van der Waals surface area (Å²) in [6.07, 6.45) is 1.82. The molecule has 0 spiro atoms. The van der Waals surface area contributed by atoms with Crippen molar-refractivity contribution in [2.45, 2.75) is 6.04 Å². The van der Waals surface area contributed by atoms with Crippen molar-refractivity contribution >= 4 is 10.9 Å². The minimum Gasteiger partial charge on any atom is -0.508 e. The monoisotopic (exact) mass is 191 g/mol. The zero-order valence-electron chi connectivity index (χ0n) is 7.70. The predicted octanol–water partition coefficient (Wildman–Crippen LogP) is 0.832. The molecule has 1 atom stereocenters. The average Bonchev–Trinajstić information content (AvgIpc) is 2.62. The van der Waals surface area contributed by atoms with Crippen LogP contribution in [0, 0.1) is 0 Å². The quantitative estimate of drug-likeness (QED) is 0.567. The van der Waals surface area contributed by atoms with Crippen molar-refractivity contribution < 1.29 is 5.11 Å². The highest BCUT2D eigenvalue weighted by atomic mass is 16.3. The first-order valence-electron chi connectivity index (χ1n) is 4.48. The zero-order valence-corrected chi connectivity index (χ0v) is 7.70. The Labute approximate surface area is 81.5 Å². The van der Waals surface area contributed by atoms with E-state index in [9.17, 15) is 5.11 Å². The molecule has 0 saturated heterocycles. The first kappa shape index (κ1) is 9.05. The van der Waals surface area contributed by atoms with E-state index in [1.807, 2.05) is 18.3 Å². The Morgan fingerprint density at radius 1 is 1.43 bits per heavy atom. The van der Waals surface area contributed by atoms with Gasteiger partial charge >= 0.3 is 0 Å². The maximum atomic E-state index is 9.68. The van der Waals surface area contributed by atoms with Gasteiger partial charge in [0.05, 0.1) is 0 Å². The van der Waals surface area contributed by atoms with E-state index in [-0.39, 0.29) is 11.8 Å². The number of aromatic nitrogens is 1. The number of aromatic amines is 1. The Balaban J connectivity index is 2.58. The van der Waals surface area contributed by atoms with E-state index in [2.05, 4.69) is 4.98 Å². The number of aromatic hydroxyl groups is 1. The molecule has 14 heavy (non-hydrogen) atoms. The van der Waals surface area contributed by atoms with Crippen molar-refractivity contribution in [3.63, 3.8) is 0 Å². The number of phenols is 1. The Morgan fingerprint density at radius 2 is 2.21 bits per heavy atom. The summed E-state index contributed by atoms with van der Waals surface area (Å²) in [6, 6.07) is 5.11. The van der Waals surface area contributed by atoms with Crippen LogP contribution in [0.1, 0.15) is 11.6 Å². The molecule has 0 aliphatic rings. The molecule has 0 aliphatic carbocycles. The number of fused-ring (bicyclic) bond motifs is 1. The van der Waals surface area contributed by atoms with Gasteiger partial charge < -0.3 is 21.6 Å². The summed E-state index contributed by atoms with van der Waals surface area (Å²) < 4.78 is 0. The van der Waals surface area contributed by atoms with Crippen LogP contribution in [0.4, 0.5) is 0 Å². The second kappa shape index (κ2) is 3.32. The van der Waals surface area contributed by atoms with Crippen LogP contribution < -0.4 is 11.5 Å². The summed E-state index contributed by atoms with van der Waals surface area (Å²) in [7, 11) is 0. The first-order valence-corrected chi connectivity index (χ1v) is 4.48. The van der Waals surface area contributed by atoms with Gasteiger partial charge in [-0.1, -0.05) is 0 Å². The highest BCUT2D eigenvalue weighted by molar-refractivity contribution is 5.82. The molecular weight excluding hydrogens is 178 g/mol. The third-order valence-electron chi connectivity index (χ3n) is 2.35. The number of hydrogen-bond acceptors (Lipinski definition) is 3. The summed E-state index contributed by atoms with van der Waals surface area (Å²) in [5.74, 6) is 0.204. The Hall–Kier alpha value is -1.52. The first-order chi connectivity index (χ1) is 6.72. The molecule has 1 aromatic heterocycles. The number of H-pyrrole nitrogens is 1. The lowest BCUT2D eigenvalue weighted by atomic mass is 10.0. The van der Waals surface area contributed by atoms with E-state index < -0.39 is 0 Å². The van der Waals surface area contributed by atoms with Crippen LogP contribution in [0.25, 0.3) is 10.9 Å². The standard InChI is InChI=1S/C10H13N3O/c11-5-8(12)7-4-9-6(1-2-13-9)3-10(7)14/h1-4,8,13-14H,5,11-12H2/t8-/m0/s1. The van der Waals surface area contributed by atoms with Gasteiger partial charge in [0.25, 0.3) is 0 Å². The van der Waals surface area contributed by atoms with Crippen LogP contribution >= 0.6 is 0 Å².